The third-order valence-electron chi connectivity index (χ3n) is 4.60. The van der Waals surface area contributed by atoms with E-state index < -0.39 is 0 Å². The highest BCUT2D eigenvalue weighted by molar-refractivity contribution is 7.18. The number of benzene rings is 1. The Morgan fingerprint density at radius 3 is 2.44 bits per heavy atom. The van der Waals surface area contributed by atoms with Crippen LogP contribution in [0.2, 0.25) is 0 Å². The first kappa shape index (κ1) is 14.6. The first-order chi connectivity index (χ1) is 12.3. The molecule has 122 valence electrons. The van der Waals surface area contributed by atoms with Gasteiger partial charge in [0.15, 0.2) is 11.6 Å². The van der Waals surface area contributed by atoms with Gasteiger partial charge in [-0.15, -0.1) is 11.3 Å². The Morgan fingerprint density at radius 1 is 0.920 bits per heavy atom. The maximum Gasteiger partial charge on any atom is 0.197 e. The van der Waals surface area contributed by atoms with E-state index in [1.165, 1.54) is 15.8 Å². The molecular formula is C19H15N5S. The van der Waals surface area contributed by atoms with Gasteiger partial charge in [0.25, 0.3) is 0 Å². The molecule has 1 aromatic carbocycles. The first-order valence-corrected chi connectivity index (χ1v) is 9.06. The van der Waals surface area contributed by atoms with Gasteiger partial charge in [-0.25, -0.2) is 24.9 Å². The fourth-order valence-electron chi connectivity index (χ4n) is 3.28. The van der Waals surface area contributed by atoms with Gasteiger partial charge < -0.3 is 0 Å². The van der Waals surface area contributed by atoms with Crippen LogP contribution < -0.4 is 0 Å². The van der Waals surface area contributed by atoms with E-state index in [4.69, 9.17) is 0 Å². The summed E-state index contributed by atoms with van der Waals surface area (Å²) >= 11 is 1.75. The molecule has 0 amide bonds. The Morgan fingerprint density at radius 2 is 1.64 bits per heavy atom. The number of aryl methyl sites for hydroxylation is 1. The van der Waals surface area contributed by atoms with E-state index in [2.05, 4.69) is 50.0 Å². The number of rotatable bonds is 3. The van der Waals surface area contributed by atoms with Crippen molar-refractivity contribution in [3.63, 3.8) is 0 Å². The molecule has 1 aliphatic rings. The summed E-state index contributed by atoms with van der Waals surface area (Å²) in [6.45, 7) is 2.06. The second-order valence-electron chi connectivity index (χ2n) is 6.32. The Kier molecular flexibility index (Phi) is 3.31. The lowest BCUT2D eigenvalue weighted by atomic mass is 10.1. The smallest absolute Gasteiger partial charge is 0.197 e. The number of hydrogen-bond donors (Lipinski definition) is 0. The summed E-state index contributed by atoms with van der Waals surface area (Å²) in [5, 5.41) is 1.12. The van der Waals surface area contributed by atoms with E-state index >= 15 is 0 Å². The molecule has 3 aromatic heterocycles. The number of fused-ring (bicyclic) bond motifs is 1. The normalized spacial score (nSPS) is 19.2. The zero-order chi connectivity index (χ0) is 16.8. The summed E-state index contributed by atoms with van der Waals surface area (Å²) in [4.78, 5) is 21.9. The average Bonchev–Trinajstić information content (AvgIpc) is 3.36. The second-order valence-corrected chi connectivity index (χ2v) is 7.56. The number of hydrogen-bond acceptors (Lipinski definition) is 6. The maximum absolute atomic E-state index is 4.61. The second kappa shape index (κ2) is 5.67. The van der Waals surface area contributed by atoms with Crippen LogP contribution in [0.3, 0.4) is 0 Å². The summed E-state index contributed by atoms with van der Waals surface area (Å²) in [5.41, 5.74) is 3.65. The van der Waals surface area contributed by atoms with Crippen molar-refractivity contribution in [3.8, 4) is 11.6 Å². The number of thiazole rings is 1. The molecule has 2 atom stereocenters. The van der Waals surface area contributed by atoms with Crippen LogP contribution >= 0.6 is 11.3 Å². The van der Waals surface area contributed by atoms with Crippen molar-refractivity contribution in [1.82, 2.24) is 24.9 Å². The highest BCUT2D eigenvalue weighted by Gasteiger charge is 2.40. The predicted octanol–water partition coefficient (Wildman–Crippen LogP) is 4.12. The Hall–Kier alpha value is -2.73. The minimum absolute atomic E-state index is 0.489. The van der Waals surface area contributed by atoms with Crippen molar-refractivity contribution in [2.24, 2.45) is 0 Å². The van der Waals surface area contributed by atoms with Crippen LogP contribution in [0.25, 0.3) is 21.9 Å². The molecule has 6 heteroatoms. The summed E-state index contributed by atoms with van der Waals surface area (Å²) in [6, 6.07) is 8.44. The van der Waals surface area contributed by atoms with E-state index in [-0.39, 0.29) is 0 Å². The maximum atomic E-state index is 4.61. The van der Waals surface area contributed by atoms with E-state index in [0.717, 1.165) is 16.9 Å². The Bertz CT molecular complexity index is 1040. The van der Waals surface area contributed by atoms with Crippen LogP contribution in [0, 0.1) is 6.92 Å². The molecule has 0 unspecified atom stereocenters. The summed E-state index contributed by atoms with van der Waals surface area (Å²) < 4.78 is 1.26. The van der Waals surface area contributed by atoms with Gasteiger partial charge in [-0.2, -0.15) is 0 Å². The molecule has 5 nitrogen and oxygen atoms in total. The molecule has 0 N–H and O–H groups in total. The molecule has 0 aliphatic heterocycles. The van der Waals surface area contributed by atoms with Crippen LogP contribution in [0.5, 0.6) is 0 Å². The molecule has 1 aliphatic carbocycles. The quantitative estimate of drug-likeness (QED) is 0.559. The van der Waals surface area contributed by atoms with Crippen LogP contribution in [0.15, 0.2) is 49.1 Å². The van der Waals surface area contributed by atoms with Gasteiger partial charge in [-0.05, 0) is 54.5 Å². The van der Waals surface area contributed by atoms with Crippen molar-refractivity contribution in [1.29, 1.82) is 0 Å². The SMILES string of the molecule is Cc1nc2cc([C@@H]3C[C@H]3c3cnc(-c4ncccn4)nc3)ccc2s1. The molecular weight excluding hydrogens is 330 g/mol. The third-order valence-corrected chi connectivity index (χ3v) is 5.55. The number of aromatic nitrogens is 5. The minimum atomic E-state index is 0.489. The molecule has 0 saturated heterocycles. The fraction of sp³-hybridized carbons (Fsp3) is 0.211. The van der Waals surface area contributed by atoms with E-state index in [1.54, 1.807) is 29.8 Å². The zero-order valence-electron chi connectivity index (χ0n) is 13.6. The molecule has 0 bridgehead atoms. The zero-order valence-corrected chi connectivity index (χ0v) is 14.4. The van der Waals surface area contributed by atoms with Crippen LogP contribution in [-0.2, 0) is 0 Å². The molecule has 1 fully saturated rings. The van der Waals surface area contributed by atoms with Gasteiger partial charge >= 0.3 is 0 Å². The van der Waals surface area contributed by atoms with Crippen molar-refractivity contribution < 1.29 is 0 Å². The van der Waals surface area contributed by atoms with Gasteiger partial charge in [0.1, 0.15) is 0 Å². The van der Waals surface area contributed by atoms with Crippen LogP contribution in [0.4, 0.5) is 0 Å². The van der Waals surface area contributed by atoms with Gasteiger partial charge in [0, 0.05) is 24.8 Å². The molecule has 3 heterocycles. The summed E-state index contributed by atoms with van der Waals surface area (Å²) in [6.07, 6.45) is 8.36. The number of nitrogens with zero attached hydrogens (tertiary/aromatic N) is 5. The van der Waals surface area contributed by atoms with Crippen molar-refractivity contribution in [2.75, 3.05) is 0 Å². The summed E-state index contributed by atoms with van der Waals surface area (Å²) in [5.74, 6) is 2.16. The highest BCUT2D eigenvalue weighted by atomic mass is 32.1. The van der Waals surface area contributed by atoms with E-state index in [9.17, 15) is 0 Å². The standard InChI is InChI=1S/C19H15N5S/c1-11-24-16-7-12(3-4-17(16)25-11)14-8-15(14)13-9-22-19(23-10-13)18-20-5-2-6-21-18/h2-7,9-10,14-15H,8H2,1H3/t14-,15-/m0/s1. The Labute approximate surface area is 148 Å². The van der Waals surface area contributed by atoms with Crippen molar-refractivity contribution >= 4 is 21.6 Å². The van der Waals surface area contributed by atoms with Crippen molar-refractivity contribution in [2.45, 2.75) is 25.2 Å². The fourth-order valence-corrected chi connectivity index (χ4v) is 4.09. The molecule has 25 heavy (non-hydrogen) atoms. The lowest BCUT2D eigenvalue weighted by Gasteiger charge is -2.02. The van der Waals surface area contributed by atoms with Crippen molar-refractivity contribution in [3.05, 3.63) is 65.2 Å². The highest BCUT2D eigenvalue weighted by Crippen LogP contribution is 2.54. The molecule has 0 spiro atoms. The lowest BCUT2D eigenvalue weighted by molar-refractivity contribution is 0.978. The monoisotopic (exact) mass is 345 g/mol. The topological polar surface area (TPSA) is 64.5 Å². The van der Waals surface area contributed by atoms with Gasteiger partial charge in [-0.1, -0.05) is 6.07 Å². The van der Waals surface area contributed by atoms with Crippen LogP contribution in [-0.4, -0.2) is 24.9 Å². The van der Waals surface area contributed by atoms with Crippen LogP contribution in [0.1, 0.15) is 34.4 Å². The lowest BCUT2D eigenvalue weighted by Crippen LogP contribution is -1.95. The molecule has 0 radical (unpaired) electrons. The molecule has 4 aromatic rings. The first-order valence-electron chi connectivity index (χ1n) is 8.24. The Balaban J connectivity index is 1.38. The van der Waals surface area contributed by atoms with Gasteiger partial charge in [-0.3, -0.25) is 0 Å². The largest absolute Gasteiger partial charge is 0.242 e. The predicted molar refractivity (Wildman–Crippen MR) is 97.5 cm³/mol. The molecule has 5 rings (SSSR count). The third kappa shape index (κ3) is 2.68. The average molecular weight is 345 g/mol. The summed E-state index contributed by atoms with van der Waals surface area (Å²) in [7, 11) is 0. The minimum Gasteiger partial charge on any atom is -0.242 e. The molecule has 1 saturated carbocycles. The van der Waals surface area contributed by atoms with Gasteiger partial charge in [0.2, 0.25) is 0 Å². The van der Waals surface area contributed by atoms with E-state index in [1.807, 2.05) is 12.4 Å². The van der Waals surface area contributed by atoms with E-state index in [0.29, 0.717) is 23.5 Å². The van der Waals surface area contributed by atoms with Gasteiger partial charge in [0.05, 0.1) is 15.2 Å².